The van der Waals surface area contributed by atoms with Crippen LogP contribution in [0.1, 0.15) is 5.56 Å². The van der Waals surface area contributed by atoms with Crippen LogP contribution in [0.3, 0.4) is 0 Å². The molecule has 0 aliphatic carbocycles. The average Bonchev–Trinajstić information content (AvgIpc) is 3.09. The van der Waals surface area contributed by atoms with Gasteiger partial charge in [-0.3, -0.25) is 4.68 Å². The largest absolute Gasteiger partial charge is 0.497 e. The number of methoxy groups -OCH3 is 2. The standard InChI is InChI=1S/C19H19ClN4O2S/c1-25-16-9-15(10-17(11-16)26-2)21-19(27)22-18-7-8-24(23-18)12-13-3-5-14(20)6-4-13/h3-11H,12H2,1-2H3,(H2,21,22,23,27). The average molecular weight is 403 g/mol. The Morgan fingerprint density at radius 1 is 1.04 bits per heavy atom. The van der Waals surface area contributed by atoms with Gasteiger partial charge in [0.25, 0.3) is 0 Å². The van der Waals surface area contributed by atoms with E-state index in [1.165, 1.54) is 0 Å². The Labute approximate surface area is 168 Å². The minimum Gasteiger partial charge on any atom is -0.497 e. The number of hydrogen-bond acceptors (Lipinski definition) is 4. The first kappa shape index (κ1) is 19.0. The van der Waals surface area contributed by atoms with Gasteiger partial charge in [-0.25, -0.2) is 0 Å². The van der Waals surface area contributed by atoms with Gasteiger partial charge in [0, 0.05) is 41.2 Å². The van der Waals surface area contributed by atoms with E-state index in [9.17, 15) is 0 Å². The highest BCUT2D eigenvalue weighted by Crippen LogP contribution is 2.25. The van der Waals surface area contributed by atoms with Crippen LogP contribution >= 0.6 is 23.8 Å². The van der Waals surface area contributed by atoms with Crippen LogP contribution in [-0.2, 0) is 6.54 Å². The first-order valence-electron chi connectivity index (χ1n) is 8.14. The quantitative estimate of drug-likeness (QED) is 0.595. The lowest BCUT2D eigenvalue weighted by Crippen LogP contribution is -2.19. The van der Waals surface area contributed by atoms with E-state index in [1.54, 1.807) is 20.3 Å². The minimum atomic E-state index is 0.419. The van der Waals surface area contributed by atoms with Crippen molar-refractivity contribution >= 4 is 40.4 Å². The lowest BCUT2D eigenvalue weighted by Gasteiger charge is -2.11. The molecule has 1 aromatic heterocycles. The van der Waals surface area contributed by atoms with Gasteiger partial charge in [-0.05, 0) is 29.9 Å². The number of hydrogen-bond donors (Lipinski definition) is 2. The van der Waals surface area contributed by atoms with Crippen molar-refractivity contribution < 1.29 is 9.47 Å². The molecule has 2 N–H and O–H groups in total. The Balaban J connectivity index is 1.61. The third-order valence-electron chi connectivity index (χ3n) is 3.75. The van der Waals surface area contributed by atoms with Crippen molar-refractivity contribution in [2.75, 3.05) is 24.9 Å². The first-order valence-corrected chi connectivity index (χ1v) is 8.93. The van der Waals surface area contributed by atoms with Crippen molar-refractivity contribution in [3.8, 4) is 11.5 Å². The summed E-state index contributed by atoms with van der Waals surface area (Å²) in [5.41, 5.74) is 1.86. The summed E-state index contributed by atoms with van der Waals surface area (Å²) in [5, 5.41) is 11.8. The van der Waals surface area contributed by atoms with Gasteiger partial charge in [-0.2, -0.15) is 5.10 Å². The SMILES string of the molecule is COc1cc(NC(=S)Nc2ccn(Cc3ccc(Cl)cc3)n2)cc(OC)c1. The summed E-state index contributed by atoms with van der Waals surface area (Å²) in [5.74, 6) is 2.00. The summed E-state index contributed by atoms with van der Waals surface area (Å²) in [6.45, 7) is 0.645. The molecule has 1 heterocycles. The topological polar surface area (TPSA) is 60.3 Å². The minimum absolute atomic E-state index is 0.419. The fraction of sp³-hybridized carbons (Fsp3) is 0.158. The van der Waals surface area contributed by atoms with E-state index < -0.39 is 0 Å². The van der Waals surface area contributed by atoms with Crippen molar-refractivity contribution in [1.29, 1.82) is 0 Å². The molecule has 0 aliphatic rings. The molecule has 8 heteroatoms. The molecule has 0 radical (unpaired) electrons. The van der Waals surface area contributed by atoms with Gasteiger partial charge in [-0.1, -0.05) is 23.7 Å². The molecule has 0 fully saturated rings. The molecular weight excluding hydrogens is 384 g/mol. The summed E-state index contributed by atoms with van der Waals surface area (Å²) >= 11 is 11.3. The Morgan fingerprint density at radius 2 is 1.70 bits per heavy atom. The Hall–Kier alpha value is -2.77. The van der Waals surface area contributed by atoms with E-state index >= 15 is 0 Å². The Bertz CT molecular complexity index is 905. The summed E-state index contributed by atoms with van der Waals surface area (Å²) < 4.78 is 12.3. The van der Waals surface area contributed by atoms with E-state index in [0.717, 1.165) is 11.3 Å². The van der Waals surface area contributed by atoms with Crippen molar-refractivity contribution in [2.45, 2.75) is 6.54 Å². The molecule has 0 amide bonds. The molecule has 3 aromatic rings. The van der Waals surface area contributed by atoms with Gasteiger partial charge in [0.1, 0.15) is 11.5 Å². The number of nitrogens with one attached hydrogen (secondary N) is 2. The summed E-state index contributed by atoms with van der Waals surface area (Å²) in [6.07, 6.45) is 1.88. The molecule has 0 bridgehead atoms. The van der Waals surface area contributed by atoms with Crippen LogP contribution in [0.2, 0.25) is 5.02 Å². The highest BCUT2D eigenvalue weighted by Gasteiger charge is 2.06. The molecule has 140 valence electrons. The van der Waals surface area contributed by atoms with Crippen LogP contribution in [-0.4, -0.2) is 29.1 Å². The van der Waals surface area contributed by atoms with Gasteiger partial charge in [0.05, 0.1) is 20.8 Å². The molecule has 0 saturated carbocycles. The van der Waals surface area contributed by atoms with E-state index in [0.29, 0.717) is 34.0 Å². The van der Waals surface area contributed by atoms with E-state index in [4.69, 9.17) is 33.3 Å². The third-order valence-corrected chi connectivity index (χ3v) is 4.21. The number of halogens is 1. The second-order valence-electron chi connectivity index (χ2n) is 5.71. The lowest BCUT2D eigenvalue weighted by molar-refractivity contribution is 0.395. The second kappa shape index (κ2) is 8.75. The van der Waals surface area contributed by atoms with E-state index in [1.807, 2.05) is 53.3 Å². The summed E-state index contributed by atoms with van der Waals surface area (Å²) in [6, 6.07) is 15.0. The zero-order valence-electron chi connectivity index (χ0n) is 14.9. The zero-order valence-corrected chi connectivity index (χ0v) is 16.5. The molecule has 6 nitrogen and oxygen atoms in total. The van der Waals surface area contributed by atoms with Crippen LogP contribution in [0.4, 0.5) is 11.5 Å². The van der Waals surface area contributed by atoms with Gasteiger partial charge in [0.2, 0.25) is 0 Å². The van der Waals surface area contributed by atoms with Gasteiger partial charge in [0.15, 0.2) is 10.9 Å². The smallest absolute Gasteiger partial charge is 0.176 e. The van der Waals surface area contributed by atoms with Crippen molar-refractivity contribution in [1.82, 2.24) is 9.78 Å². The maximum Gasteiger partial charge on any atom is 0.176 e. The molecule has 0 spiro atoms. The number of ether oxygens (including phenoxy) is 2. The lowest BCUT2D eigenvalue weighted by atomic mass is 10.2. The first-order chi connectivity index (χ1) is 13.1. The fourth-order valence-electron chi connectivity index (χ4n) is 2.45. The van der Waals surface area contributed by atoms with Crippen LogP contribution in [0, 0.1) is 0 Å². The molecule has 0 saturated heterocycles. The molecule has 27 heavy (non-hydrogen) atoms. The zero-order chi connectivity index (χ0) is 19.2. The fourth-order valence-corrected chi connectivity index (χ4v) is 2.80. The van der Waals surface area contributed by atoms with Crippen molar-refractivity contribution in [3.63, 3.8) is 0 Å². The molecule has 0 unspecified atom stereocenters. The Kier molecular flexibility index (Phi) is 6.16. The predicted molar refractivity (Wildman–Crippen MR) is 112 cm³/mol. The molecule has 0 atom stereocenters. The number of anilines is 2. The highest BCUT2D eigenvalue weighted by atomic mass is 35.5. The van der Waals surface area contributed by atoms with Crippen LogP contribution in [0.5, 0.6) is 11.5 Å². The number of aromatic nitrogens is 2. The van der Waals surface area contributed by atoms with Crippen LogP contribution in [0.15, 0.2) is 54.7 Å². The molecular formula is C19H19ClN4O2S. The number of benzene rings is 2. The van der Waals surface area contributed by atoms with Gasteiger partial charge >= 0.3 is 0 Å². The van der Waals surface area contributed by atoms with Crippen LogP contribution in [0.25, 0.3) is 0 Å². The molecule has 0 aliphatic heterocycles. The second-order valence-corrected chi connectivity index (χ2v) is 6.55. The van der Waals surface area contributed by atoms with Crippen LogP contribution < -0.4 is 20.1 Å². The van der Waals surface area contributed by atoms with E-state index in [-0.39, 0.29) is 0 Å². The number of rotatable bonds is 6. The molecule has 2 aromatic carbocycles. The Morgan fingerprint density at radius 3 is 2.33 bits per heavy atom. The monoisotopic (exact) mass is 402 g/mol. The number of thiocarbonyl (C=S) groups is 1. The summed E-state index contributed by atoms with van der Waals surface area (Å²) in [7, 11) is 3.20. The number of nitrogens with zero attached hydrogens (tertiary/aromatic N) is 2. The van der Waals surface area contributed by atoms with Crippen molar-refractivity contribution in [2.24, 2.45) is 0 Å². The maximum atomic E-state index is 5.91. The highest BCUT2D eigenvalue weighted by molar-refractivity contribution is 7.80. The third kappa shape index (κ3) is 5.35. The van der Waals surface area contributed by atoms with Gasteiger partial charge in [-0.15, -0.1) is 0 Å². The van der Waals surface area contributed by atoms with Crippen molar-refractivity contribution in [3.05, 3.63) is 65.3 Å². The summed E-state index contributed by atoms with van der Waals surface area (Å²) in [4.78, 5) is 0. The molecule has 3 rings (SSSR count). The normalized spacial score (nSPS) is 10.3. The van der Waals surface area contributed by atoms with Gasteiger partial charge < -0.3 is 20.1 Å². The maximum absolute atomic E-state index is 5.91. The predicted octanol–water partition coefficient (Wildman–Crippen LogP) is 4.41. The van der Waals surface area contributed by atoms with E-state index in [2.05, 4.69) is 15.7 Å².